The summed E-state index contributed by atoms with van der Waals surface area (Å²) < 4.78 is 0. The molecule has 0 spiro atoms. The van der Waals surface area contributed by atoms with Crippen molar-refractivity contribution in [3.8, 4) is 0 Å². The molecule has 0 radical (unpaired) electrons. The van der Waals surface area contributed by atoms with E-state index in [2.05, 4.69) is 0 Å². The third kappa shape index (κ3) is 5.02. The minimum Gasteiger partial charge on any atom is -0.341 e. The Morgan fingerprint density at radius 1 is 1.07 bits per heavy atom. The number of benzene rings is 1. The van der Waals surface area contributed by atoms with Crippen LogP contribution >= 0.6 is 12.4 Å². The van der Waals surface area contributed by atoms with Gasteiger partial charge in [-0.1, -0.05) is 30.5 Å². The van der Waals surface area contributed by atoms with Crippen molar-refractivity contribution in [2.24, 2.45) is 11.7 Å². The highest BCUT2D eigenvalue weighted by atomic mass is 35.5. The van der Waals surface area contributed by atoms with Gasteiger partial charge in [0, 0.05) is 37.3 Å². The number of hydrogen-bond donors (Lipinski definition) is 1. The summed E-state index contributed by atoms with van der Waals surface area (Å²) >= 11 is 0. The van der Waals surface area contributed by atoms with Crippen LogP contribution in [0.15, 0.2) is 24.3 Å². The summed E-state index contributed by atoms with van der Waals surface area (Å²) in [4.78, 5) is 29.7. The van der Waals surface area contributed by atoms with Crippen LogP contribution in [-0.2, 0) is 4.79 Å². The molecule has 2 fully saturated rings. The Bertz CT molecular complexity index is 677. The van der Waals surface area contributed by atoms with Gasteiger partial charge in [0.25, 0.3) is 5.91 Å². The number of aryl methyl sites for hydroxylation is 1. The smallest absolute Gasteiger partial charge is 0.253 e. The predicted octanol–water partition coefficient (Wildman–Crippen LogP) is 3.00. The number of nitrogens with zero attached hydrogens (tertiary/aromatic N) is 2. The van der Waals surface area contributed by atoms with E-state index in [0.29, 0.717) is 26.2 Å². The first kappa shape index (κ1) is 21.7. The molecule has 1 saturated heterocycles. The minimum absolute atomic E-state index is 0. The molecule has 2 amide bonds. The van der Waals surface area contributed by atoms with Gasteiger partial charge in [-0.2, -0.15) is 0 Å². The predicted molar refractivity (Wildman–Crippen MR) is 110 cm³/mol. The second kappa shape index (κ2) is 9.07. The first-order valence-electron chi connectivity index (χ1n) is 9.82. The lowest BCUT2D eigenvalue weighted by molar-refractivity contribution is -0.138. The molecule has 0 bridgehead atoms. The van der Waals surface area contributed by atoms with E-state index in [1.165, 1.54) is 0 Å². The van der Waals surface area contributed by atoms with Gasteiger partial charge in [-0.3, -0.25) is 9.59 Å². The van der Waals surface area contributed by atoms with Crippen molar-refractivity contribution >= 4 is 24.2 Å². The van der Waals surface area contributed by atoms with Crippen molar-refractivity contribution < 1.29 is 9.59 Å². The molecule has 3 rings (SSSR count). The molecule has 6 heteroatoms. The van der Waals surface area contributed by atoms with Crippen LogP contribution in [-0.4, -0.2) is 53.3 Å². The number of carbonyl (C=O) groups excluding carboxylic acids is 2. The van der Waals surface area contributed by atoms with Gasteiger partial charge in [0.15, 0.2) is 0 Å². The quantitative estimate of drug-likeness (QED) is 0.839. The fraction of sp³-hybridized carbons (Fsp3) is 0.619. The second-order valence-corrected chi connectivity index (χ2v) is 8.14. The van der Waals surface area contributed by atoms with E-state index in [4.69, 9.17) is 5.73 Å². The molecule has 27 heavy (non-hydrogen) atoms. The Kier molecular flexibility index (Phi) is 7.29. The fourth-order valence-electron chi connectivity index (χ4n) is 4.29. The number of nitrogens with two attached hydrogens (primary N) is 1. The molecule has 5 nitrogen and oxygen atoms in total. The lowest BCUT2D eigenvalue weighted by atomic mass is 9.74. The SMILES string of the molecule is Cc1cccc(C(=O)N2CCCN(C(=O)C3CCCCC3(C)N)CC2)c1.Cl. The van der Waals surface area contributed by atoms with E-state index < -0.39 is 5.54 Å². The Balaban J connectivity index is 0.00000261. The van der Waals surface area contributed by atoms with Crippen LogP contribution in [0, 0.1) is 12.8 Å². The van der Waals surface area contributed by atoms with E-state index in [0.717, 1.165) is 43.2 Å². The summed E-state index contributed by atoms with van der Waals surface area (Å²) in [6.45, 7) is 6.60. The Morgan fingerprint density at radius 3 is 2.48 bits per heavy atom. The van der Waals surface area contributed by atoms with Crippen molar-refractivity contribution in [3.05, 3.63) is 35.4 Å². The van der Waals surface area contributed by atoms with Crippen LogP contribution in [0.25, 0.3) is 0 Å². The molecule has 2 aliphatic rings. The molecule has 2 N–H and O–H groups in total. The van der Waals surface area contributed by atoms with E-state index in [-0.39, 0.29) is 30.1 Å². The Hall–Kier alpha value is -1.59. The lowest BCUT2D eigenvalue weighted by Gasteiger charge is -2.39. The van der Waals surface area contributed by atoms with Gasteiger partial charge in [0.2, 0.25) is 5.91 Å². The third-order valence-corrected chi connectivity index (χ3v) is 5.91. The molecule has 2 unspecified atom stereocenters. The monoisotopic (exact) mass is 393 g/mol. The van der Waals surface area contributed by atoms with Crippen molar-refractivity contribution in [2.75, 3.05) is 26.2 Å². The number of carbonyl (C=O) groups is 2. The Morgan fingerprint density at radius 2 is 1.78 bits per heavy atom. The van der Waals surface area contributed by atoms with Gasteiger partial charge in [0.05, 0.1) is 5.92 Å². The van der Waals surface area contributed by atoms with Crippen molar-refractivity contribution in [3.63, 3.8) is 0 Å². The van der Waals surface area contributed by atoms with Crippen LogP contribution in [0.5, 0.6) is 0 Å². The van der Waals surface area contributed by atoms with Crippen LogP contribution < -0.4 is 5.73 Å². The average molecular weight is 394 g/mol. The third-order valence-electron chi connectivity index (χ3n) is 5.91. The zero-order valence-electron chi connectivity index (χ0n) is 16.4. The van der Waals surface area contributed by atoms with Gasteiger partial charge in [-0.05, 0) is 45.2 Å². The van der Waals surface area contributed by atoms with Crippen LogP contribution in [0.1, 0.15) is 54.9 Å². The second-order valence-electron chi connectivity index (χ2n) is 8.14. The van der Waals surface area contributed by atoms with Crippen LogP contribution in [0.4, 0.5) is 0 Å². The number of rotatable bonds is 2. The van der Waals surface area contributed by atoms with Crippen LogP contribution in [0.2, 0.25) is 0 Å². The molecule has 150 valence electrons. The molecule has 1 heterocycles. The highest BCUT2D eigenvalue weighted by Gasteiger charge is 2.40. The lowest BCUT2D eigenvalue weighted by Crippen LogP contribution is -2.54. The first-order chi connectivity index (χ1) is 12.4. The molecule has 1 aliphatic heterocycles. The summed E-state index contributed by atoms with van der Waals surface area (Å²) in [7, 11) is 0. The van der Waals surface area contributed by atoms with Gasteiger partial charge < -0.3 is 15.5 Å². The van der Waals surface area contributed by atoms with E-state index in [1.807, 2.05) is 47.9 Å². The molecule has 1 aromatic rings. The van der Waals surface area contributed by atoms with E-state index in [1.54, 1.807) is 0 Å². The number of hydrogen-bond acceptors (Lipinski definition) is 3. The molecule has 1 saturated carbocycles. The van der Waals surface area contributed by atoms with Gasteiger partial charge >= 0.3 is 0 Å². The van der Waals surface area contributed by atoms with E-state index in [9.17, 15) is 9.59 Å². The summed E-state index contributed by atoms with van der Waals surface area (Å²) in [6.07, 6.45) is 4.80. The van der Waals surface area contributed by atoms with E-state index >= 15 is 0 Å². The number of halogens is 1. The standard InChI is InChI=1S/C21H31N3O2.ClH/c1-16-7-5-8-17(15-16)19(25)23-11-6-12-24(14-13-23)20(26)18-9-3-4-10-21(18,2)22;/h5,7-8,15,18H,3-4,6,9-14,22H2,1-2H3;1H. The first-order valence-corrected chi connectivity index (χ1v) is 9.82. The highest BCUT2D eigenvalue weighted by Crippen LogP contribution is 2.33. The van der Waals surface area contributed by atoms with Crippen molar-refractivity contribution in [1.29, 1.82) is 0 Å². The topological polar surface area (TPSA) is 66.6 Å². The fourth-order valence-corrected chi connectivity index (χ4v) is 4.29. The van der Waals surface area contributed by atoms with Gasteiger partial charge in [0.1, 0.15) is 0 Å². The van der Waals surface area contributed by atoms with Gasteiger partial charge in [-0.15, -0.1) is 12.4 Å². The maximum absolute atomic E-state index is 13.1. The summed E-state index contributed by atoms with van der Waals surface area (Å²) in [5.41, 5.74) is 7.83. The molecule has 1 aromatic carbocycles. The summed E-state index contributed by atoms with van der Waals surface area (Å²) in [6, 6.07) is 7.71. The summed E-state index contributed by atoms with van der Waals surface area (Å²) in [5.74, 6) is 0.152. The van der Waals surface area contributed by atoms with Crippen molar-refractivity contribution in [1.82, 2.24) is 9.80 Å². The zero-order valence-corrected chi connectivity index (χ0v) is 17.3. The minimum atomic E-state index is -0.404. The molecule has 1 aliphatic carbocycles. The molecule has 2 atom stereocenters. The largest absolute Gasteiger partial charge is 0.341 e. The maximum atomic E-state index is 13.1. The average Bonchev–Trinajstić information content (AvgIpc) is 2.86. The van der Waals surface area contributed by atoms with Crippen LogP contribution in [0.3, 0.4) is 0 Å². The highest BCUT2D eigenvalue weighted by molar-refractivity contribution is 5.94. The van der Waals surface area contributed by atoms with Gasteiger partial charge in [-0.25, -0.2) is 0 Å². The van der Waals surface area contributed by atoms with Crippen molar-refractivity contribution in [2.45, 2.75) is 51.5 Å². The molecule has 0 aromatic heterocycles. The molecular weight excluding hydrogens is 362 g/mol. The molecular formula is C21H32ClN3O2. The normalized spacial score (nSPS) is 26.1. The Labute approximate surface area is 168 Å². The summed E-state index contributed by atoms with van der Waals surface area (Å²) in [5, 5.41) is 0. The zero-order chi connectivity index (χ0) is 18.7. The maximum Gasteiger partial charge on any atom is 0.253 e. The number of amides is 2.